The zero-order valence-electron chi connectivity index (χ0n) is 13.3. The Labute approximate surface area is 154 Å². The van der Waals surface area contributed by atoms with Crippen LogP contribution in [0.5, 0.6) is 0 Å². The maximum absolute atomic E-state index is 12.3. The molecule has 9 nitrogen and oxygen atoms in total. The van der Waals surface area contributed by atoms with Gasteiger partial charge in [-0.25, -0.2) is 9.78 Å². The number of hydrogen-bond acceptors (Lipinski definition) is 6. The summed E-state index contributed by atoms with van der Waals surface area (Å²) < 4.78 is 7.56. The fourth-order valence-electron chi connectivity index (χ4n) is 3.03. The Bertz CT molecular complexity index is 1090. The molecule has 2 aromatic heterocycles. The lowest BCUT2D eigenvalue weighted by atomic mass is 10.2. The first-order chi connectivity index (χ1) is 12.5. The number of imidazole rings is 1. The zero-order valence-corrected chi connectivity index (χ0v) is 14.9. The van der Waals surface area contributed by atoms with Gasteiger partial charge in [0.15, 0.2) is 0 Å². The van der Waals surface area contributed by atoms with Crippen molar-refractivity contribution in [3.05, 3.63) is 49.7 Å². The first-order valence-corrected chi connectivity index (χ1v) is 8.71. The molecule has 136 valence electrons. The van der Waals surface area contributed by atoms with Gasteiger partial charge in [-0.15, -0.1) is 0 Å². The van der Waals surface area contributed by atoms with E-state index in [1.807, 2.05) is 12.1 Å². The summed E-state index contributed by atoms with van der Waals surface area (Å²) in [6.07, 6.45) is -0.972. The van der Waals surface area contributed by atoms with E-state index in [1.54, 1.807) is 6.07 Å². The molecule has 10 heteroatoms. The predicted octanol–water partition coefficient (Wildman–Crippen LogP) is 0.483. The van der Waals surface area contributed by atoms with Crippen LogP contribution in [-0.2, 0) is 4.74 Å². The molecule has 26 heavy (non-hydrogen) atoms. The second kappa shape index (κ2) is 6.47. The van der Waals surface area contributed by atoms with E-state index >= 15 is 0 Å². The van der Waals surface area contributed by atoms with Crippen LogP contribution in [0, 0.1) is 0 Å². The average molecular weight is 423 g/mol. The Balaban J connectivity index is 1.79. The number of hydrogen-bond donors (Lipinski definition) is 4. The second-order valence-corrected chi connectivity index (χ2v) is 6.99. The van der Waals surface area contributed by atoms with Gasteiger partial charge in [-0.3, -0.25) is 14.3 Å². The SMILES string of the molecule is O=c1[nH]c(=O)n([C@H]2C[C@H](O)[C@@H](CO)O2)cc1-c1nc2ccc(Br)cc2[nH]1. The summed E-state index contributed by atoms with van der Waals surface area (Å²) in [4.78, 5) is 34.1. The van der Waals surface area contributed by atoms with Crippen molar-refractivity contribution in [1.82, 2.24) is 19.5 Å². The highest BCUT2D eigenvalue weighted by Gasteiger charge is 2.35. The van der Waals surface area contributed by atoms with E-state index in [2.05, 4.69) is 30.9 Å². The number of halogens is 1. The smallest absolute Gasteiger partial charge is 0.330 e. The summed E-state index contributed by atoms with van der Waals surface area (Å²) in [6, 6.07) is 5.46. The first kappa shape index (κ1) is 17.2. The van der Waals surface area contributed by atoms with Crippen molar-refractivity contribution in [3.8, 4) is 11.4 Å². The Morgan fingerprint density at radius 1 is 1.35 bits per heavy atom. The van der Waals surface area contributed by atoms with Crippen molar-refractivity contribution >= 4 is 27.0 Å². The van der Waals surface area contributed by atoms with Crippen LogP contribution in [0.4, 0.5) is 0 Å². The molecule has 0 amide bonds. The van der Waals surface area contributed by atoms with Gasteiger partial charge in [-0.2, -0.15) is 0 Å². The van der Waals surface area contributed by atoms with Crippen LogP contribution < -0.4 is 11.2 Å². The van der Waals surface area contributed by atoms with Crippen molar-refractivity contribution in [1.29, 1.82) is 0 Å². The third-order valence-electron chi connectivity index (χ3n) is 4.36. The quantitative estimate of drug-likeness (QED) is 0.485. The molecule has 1 saturated heterocycles. The monoisotopic (exact) mass is 422 g/mol. The summed E-state index contributed by atoms with van der Waals surface area (Å²) in [7, 11) is 0. The molecule has 0 aliphatic carbocycles. The minimum Gasteiger partial charge on any atom is -0.394 e. The van der Waals surface area contributed by atoms with E-state index in [9.17, 15) is 19.8 Å². The van der Waals surface area contributed by atoms with Crippen LogP contribution in [0.1, 0.15) is 12.6 Å². The predicted molar refractivity (Wildman–Crippen MR) is 95.7 cm³/mol. The number of aliphatic hydroxyl groups is 2. The van der Waals surface area contributed by atoms with Gasteiger partial charge in [0.25, 0.3) is 5.56 Å². The van der Waals surface area contributed by atoms with E-state index in [1.165, 1.54) is 10.8 Å². The number of aromatic amines is 2. The number of nitrogens with one attached hydrogen (secondary N) is 2. The third kappa shape index (κ3) is 2.90. The highest BCUT2D eigenvalue weighted by molar-refractivity contribution is 9.10. The molecule has 0 radical (unpaired) electrons. The van der Waals surface area contributed by atoms with Crippen LogP contribution >= 0.6 is 15.9 Å². The van der Waals surface area contributed by atoms with Crippen molar-refractivity contribution in [2.24, 2.45) is 0 Å². The van der Waals surface area contributed by atoms with Gasteiger partial charge in [0.1, 0.15) is 18.2 Å². The van der Waals surface area contributed by atoms with Crippen LogP contribution in [-0.4, -0.2) is 48.5 Å². The van der Waals surface area contributed by atoms with E-state index in [-0.39, 0.29) is 18.6 Å². The Morgan fingerprint density at radius 3 is 2.88 bits per heavy atom. The van der Waals surface area contributed by atoms with Gasteiger partial charge in [0, 0.05) is 17.1 Å². The van der Waals surface area contributed by atoms with Gasteiger partial charge in [-0.05, 0) is 18.2 Å². The summed E-state index contributed by atoms with van der Waals surface area (Å²) in [5, 5.41) is 19.1. The molecular weight excluding hydrogens is 408 g/mol. The molecule has 1 aromatic carbocycles. The molecule has 4 N–H and O–H groups in total. The third-order valence-corrected chi connectivity index (χ3v) is 4.85. The summed E-state index contributed by atoms with van der Waals surface area (Å²) in [5.41, 5.74) is 0.338. The summed E-state index contributed by atoms with van der Waals surface area (Å²) in [6.45, 7) is -0.360. The maximum Gasteiger partial charge on any atom is 0.330 e. The fraction of sp³-hybridized carbons (Fsp3) is 0.312. The lowest BCUT2D eigenvalue weighted by Gasteiger charge is -2.14. The standard InChI is InChI=1S/C16H15BrN4O5/c17-7-1-2-9-10(3-7)19-14(18-9)8-5-21(16(25)20-15(8)24)13-4-11(23)12(6-22)26-13/h1-3,5,11-13,22-23H,4,6H2,(H,18,19)(H,20,24,25)/t11-,12+,13+/m0/s1. The van der Waals surface area contributed by atoms with Crippen LogP contribution in [0.15, 0.2) is 38.5 Å². The largest absolute Gasteiger partial charge is 0.394 e. The topological polar surface area (TPSA) is 133 Å². The number of ether oxygens (including phenoxy) is 1. The lowest BCUT2D eigenvalue weighted by molar-refractivity contribution is -0.0458. The number of aliphatic hydroxyl groups excluding tert-OH is 2. The molecule has 1 aliphatic heterocycles. The molecule has 0 saturated carbocycles. The Kier molecular flexibility index (Phi) is 4.27. The Hall–Kier alpha value is -2.27. The molecule has 4 rings (SSSR count). The van der Waals surface area contributed by atoms with E-state index in [0.29, 0.717) is 11.3 Å². The Morgan fingerprint density at radius 2 is 2.15 bits per heavy atom. The first-order valence-electron chi connectivity index (χ1n) is 7.92. The average Bonchev–Trinajstić information content (AvgIpc) is 3.17. The maximum atomic E-state index is 12.3. The van der Waals surface area contributed by atoms with Crippen LogP contribution in [0.3, 0.4) is 0 Å². The molecule has 1 aliphatic rings. The molecule has 0 bridgehead atoms. The number of fused-ring (bicyclic) bond motifs is 1. The van der Waals surface area contributed by atoms with Crippen molar-refractivity contribution in [3.63, 3.8) is 0 Å². The number of aromatic nitrogens is 4. The highest BCUT2D eigenvalue weighted by atomic mass is 79.9. The normalized spacial score (nSPS) is 23.0. The van der Waals surface area contributed by atoms with Crippen molar-refractivity contribution in [2.45, 2.75) is 24.9 Å². The fourth-order valence-corrected chi connectivity index (χ4v) is 3.39. The van der Waals surface area contributed by atoms with E-state index < -0.39 is 29.7 Å². The summed E-state index contributed by atoms with van der Waals surface area (Å²) in [5.74, 6) is 0.311. The number of nitrogens with zero attached hydrogens (tertiary/aromatic N) is 2. The second-order valence-electron chi connectivity index (χ2n) is 6.07. The lowest BCUT2D eigenvalue weighted by Crippen LogP contribution is -2.33. The van der Waals surface area contributed by atoms with Gasteiger partial charge < -0.3 is 19.9 Å². The molecule has 0 unspecified atom stereocenters. The van der Waals surface area contributed by atoms with Crippen molar-refractivity contribution < 1.29 is 14.9 Å². The van der Waals surface area contributed by atoms with Crippen LogP contribution in [0.2, 0.25) is 0 Å². The number of H-pyrrole nitrogens is 2. The van der Waals surface area contributed by atoms with E-state index in [0.717, 1.165) is 9.99 Å². The summed E-state index contributed by atoms with van der Waals surface area (Å²) >= 11 is 3.37. The number of rotatable bonds is 3. The molecule has 3 atom stereocenters. The minimum absolute atomic E-state index is 0.129. The van der Waals surface area contributed by atoms with Crippen molar-refractivity contribution in [2.75, 3.05) is 6.61 Å². The zero-order chi connectivity index (χ0) is 18.4. The van der Waals surface area contributed by atoms with E-state index in [4.69, 9.17) is 4.74 Å². The molecule has 1 fully saturated rings. The molecular formula is C16H15BrN4O5. The van der Waals surface area contributed by atoms with Gasteiger partial charge in [0.2, 0.25) is 0 Å². The molecule has 0 spiro atoms. The molecule has 3 heterocycles. The van der Waals surface area contributed by atoms with Gasteiger partial charge in [0.05, 0.1) is 29.3 Å². The highest BCUT2D eigenvalue weighted by Crippen LogP contribution is 2.28. The van der Waals surface area contributed by atoms with Gasteiger partial charge >= 0.3 is 5.69 Å². The van der Waals surface area contributed by atoms with Gasteiger partial charge in [-0.1, -0.05) is 15.9 Å². The van der Waals surface area contributed by atoms with Crippen LogP contribution in [0.25, 0.3) is 22.4 Å². The molecule has 3 aromatic rings. The minimum atomic E-state index is -0.893. The number of benzene rings is 1.